The van der Waals surface area contributed by atoms with Crippen LogP contribution in [0.1, 0.15) is 32.9 Å². The van der Waals surface area contributed by atoms with Crippen molar-refractivity contribution >= 4 is 23.4 Å². The average molecular weight is 443 g/mol. The molecule has 1 saturated heterocycles. The van der Waals surface area contributed by atoms with Crippen LogP contribution in [0.2, 0.25) is 0 Å². The van der Waals surface area contributed by atoms with E-state index in [0.29, 0.717) is 57.1 Å². The standard InChI is InChI=1S/C23H30N4O5/c1-17-6-7-18(15-19(17)25-22(29)20-5-3-14-32-20)23(30)27-11-9-26(10-12-27)16-21(28)24-8-4-13-31-2/h3,5-7,14-15H,4,8-13,16H2,1-2H3,(H,24,28)(H,25,29). The van der Waals surface area contributed by atoms with Crippen molar-refractivity contribution in [2.75, 3.05) is 58.3 Å². The number of furan rings is 1. The van der Waals surface area contributed by atoms with Crippen LogP contribution in [-0.2, 0) is 9.53 Å². The fourth-order valence-electron chi connectivity index (χ4n) is 3.48. The van der Waals surface area contributed by atoms with E-state index in [2.05, 4.69) is 10.6 Å². The monoisotopic (exact) mass is 442 g/mol. The predicted molar refractivity (Wildman–Crippen MR) is 120 cm³/mol. The molecule has 9 nitrogen and oxygen atoms in total. The second-order valence-corrected chi connectivity index (χ2v) is 7.73. The first-order valence-electron chi connectivity index (χ1n) is 10.7. The Kier molecular flexibility index (Phi) is 8.41. The van der Waals surface area contributed by atoms with Crippen molar-refractivity contribution in [3.05, 3.63) is 53.5 Å². The molecule has 1 fully saturated rings. The number of anilines is 1. The summed E-state index contributed by atoms with van der Waals surface area (Å²) in [6.45, 7) is 5.74. The number of amides is 3. The van der Waals surface area contributed by atoms with Crippen molar-refractivity contribution in [1.29, 1.82) is 0 Å². The summed E-state index contributed by atoms with van der Waals surface area (Å²) in [7, 11) is 1.64. The molecule has 172 valence electrons. The first-order valence-corrected chi connectivity index (χ1v) is 10.7. The van der Waals surface area contributed by atoms with Crippen LogP contribution in [0, 0.1) is 6.92 Å². The number of aryl methyl sites for hydroxylation is 1. The number of carbonyl (C=O) groups excluding carboxylic acids is 3. The number of ether oxygens (including phenoxy) is 1. The highest BCUT2D eigenvalue weighted by molar-refractivity contribution is 6.04. The van der Waals surface area contributed by atoms with Crippen molar-refractivity contribution in [1.82, 2.24) is 15.1 Å². The van der Waals surface area contributed by atoms with E-state index in [1.807, 2.05) is 17.9 Å². The fraction of sp³-hybridized carbons (Fsp3) is 0.435. The first-order chi connectivity index (χ1) is 15.5. The van der Waals surface area contributed by atoms with Crippen LogP contribution in [0.25, 0.3) is 0 Å². The summed E-state index contributed by atoms with van der Waals surface area (Å²) in [6.07, 6.45) is 2.22. The number of nitrogens with zero attached hydrogens (tertiary/aromatic N) is 2. The second-order valence-electron chi connectivity index (χ2n) is 7.73. The van der Waals surface area contributed by atoms with E-state index < -0.39 is 0 Å². The molecule has 1 aliphatic heterocycles. The molecule has 1 aromatic heterocycles. The molecule has 0 spiro atoms. The minimum absolute atomic E-state index is 0.0173. The van der Waals surface area contributed by atoms with Crippen molar-refractivity contribution in [2.24, 2.45) is 0 Å². The zero-order chi connectivity index (χ0) is 22.9. The van der Waals surface area contributed by atoms with Crippen LogP contribution < -0.4 is 10.6 Å². The summed E-state index contributed by atoms with van der Waals surface area (Å²) in [5.41, 5.74) is 1.93. The Balaban J connectivity index is 1.51. The number of piperazine rings is 1. The molecule has 2 N–H and O–H groups in total. The van der Waals surface area contributed by atoms with Gasteiger partial charge in [0.05, 0.1) is 12.8 Å². The Morgan fingerprint density at radius 1 is 1.12 bits per heavy atom. The van der Waals surface area contributed by atoms with Gasteiger partial charge in [-0.1, -0.05) is 6.07 Å². The van der Waals surface area contributed by atoms with Crippen LogP contribution in [0.3, 0.4) is 0 Å². The van der Waals surface area contributed by atoms with Gasteiger partial charge in [-0.05, 0) is 43.2 Å². The van der Waals surface area contributed by atoms with Gasteiger partial charge in [-0.2, -0.15) is 0 Å². The maximum atomic E-state index is 13.0. The molecule has 9 heteroatoms. The summed E-state index contributed by atoms with van der Waals surface area (Å²) < 4.78 is 10.1. The van der Waals surface area contributed by atoms with E-state index >= 15 is 0 Å². The molecule has 0 unspecified atom stereocenters. The number of benzene rings is 1. The molecule has 3 rings (SSSR count). The van der Waals surface area contributed by atoms with Crippen molar-refractivity contribution in [3.63, 3.8) is 0 Å². The summed E-state index contributed by atoms with van der Waals surface area (Å²) in [6, 6.07) is 8.50. The number of hydrogen-bond donors (Lipinski definition) is 2. The quantitative estimate of drug-likeness (QED) is 0.574. The van der Waals surface area contributed by atoms with Gasteiger partial charge < -0.3 is 24.7 Å². The van der Waals surface area contributed by atoms with E-state index in [1.54, 1.807) is 36.3 Å². The lowest BCUT2D eigenvalue weighted by Crippen LogP contribution is -2.51. The zero-order valence-corrected chi connectivity index (χ0v) is 18.6. The molecule has 2 aromatic rings. The van der Waals surface area contributed by atoms with Crippen molar-refractivity contribution in [2.45, 2.75) is 13.3 Å². The SMILES string of the molecule is COCCCNC(=O)CN1CCN(C(=O)c2ccc(C)c(NC(=O)c3ccco3)c2)CC1. The third-order valence-electron chi connectivity index (χ3n) is 5.35. The minimum Gasteiger partial charge on any atom is -0.459 e. The Labute approximate surface area is 187 Å². The number of carbonyl (C=O) groups is 3. The van der Waals surface area contributed by atoms with E-state index in [1.165, 1.54) is 6.26 Å². The van der Waals surface area contributed by atoms with Crippen LogP contribution in [0.4, 0.5) is 5.69 Å². The van der Waals surface area contributed by atoms with E-state index in [-0.39, 0.29) is 23.5 Å². The normalized spacial score (nSPS) is 14.2. The molecule has 0 atom stereocenters. The molecular formula is C23H30N4O5. The number of rotatable bonds is 9. The van der Waals surface area contributed by atoms with Crippen LogP contribution in [0.15, 0.2) is 41.0 Å². The predicted octanol–water partition coefficient (Wildman–Crippen LogP) is 1.75. The molecule has 32 heavy (non-hydrogen) atoms. The number of methoxy groups -OCH3 is 1. The summed E-state index contributed by atoms with van der Waals surface area (Å²) in [4.78, 5) is 41.1. The first kappa shape index (κ1) is 23.5. The molecule has 3 amide bonds. The van der Waals surface area contributed by atoms with Gasteiger partial charge in [-0.3, -0.25) is 19.3 Å². The molecule has 0 bridgehead atoms. The Hall–Kier alpha value is -3.17. The van der Waals surface area contributed by atoms with Gasteiger partial charge >= 0.3 is 0 Å². The summed E-state index contributed by atoms with van der Waals surface area (Å²) in [5.74, 6) is -0.268. The van der Waals surface area contributed by atoms with Gasteiger partial charge in [-0.15, -0.1) is 0 Å². The Morgan fingerprint density at radius 3 is 2.59 bits per heavy atom. The van der Waals surface area contributed by atoms with E-state index in [4.69, 9.17) is 9.15 Å². The second kappa shape index (κ2) is 11.4. The molecule has 1 aromatic carbocycles. The molecule has 1 aliphatic rings. The lowest BCUT2D eigenvalue weighted by atomic mass is 10.1. The van der Waals surface area contributed by atoms with Gasteiger partial charge in [-0.25, -0.2) is 0 Å². The highest BCUT2D eigenvalue weighted by Gasteiger charge is 2.24. The average Bonchev–Trinajstić information content (AvgIpc) is 3.33. The molecule has 0 saturated carbocycles. The van der Waals surface area contributed by atoms with Crippen LogP contribution >= 0.6 is 0 Å². The highest BCUT2D eigenvalue weighted by Crippen LogP contribution is 2.20. The molecular weight excluding hydrogens is 412 g/mol. The van der Waals surface area contributed by atoms with Crippen LogP contribution in [-0.4, -0.2) is 80.5 Å². The molecule has 0 aliphatic carbocycles. The lowest BCUT2D eigenvalue weighted by Gasteiger charge is -2.34. The largest absolute Gasteiger partial charge is 0.459 e. The van der Waals surface area contributed by atoms with Crippen molar-refractivity contribution in [3.8, 4) is 0 Å². The topological polar surface area (TPSA) is 104 Å². The summed E-state index contributed by atoms with van der Waals surface area (Å²) in [5, 5.41) is 5.68. The van der Waals surface area contributed by atoms with Gasteiger partial charge in [0.2, 0.25) is 5.91 Å². The molecule has 0 radical (unpaired) electrons. The molecule has 2 heterocycles. The smallest absolute Gasteiger partial charge is 0.291 e. The number of nitrogens with one attached hydrogen (secondary N) is 2. The van der Waals surface area contributed by atoms with Gasteiger partial charge in [0.25, 0.3) is 11.8 Å². The van der Waals surface area contributed by atoms with Gasteiger partial charge in [0, 0.05) is 57.7 Å². The Morgan fingerprint density at radius 2 is 1.91 bits per heavy atom. The van der Waals surface area contributed by atoms with Crippen LogP contribution in [0.5, 0.6) is 0 Å². The minimum atomic E-state index is -0.364. The number of hydrogen-bond acceptors (Lipinski definition) is 6. The highest BCUT2D eigenvalue weighted by atomic mass is 16.5. The fourth-order valence-corrected chi connectivity index (χ4v) is 3.48. The zero-order valence-electron chi connectivity index (χ0n) is 18.6. The van der Waals surface area contributed by atoms with Crippen molar-refractivity contribution < 1.29 is 23.5 Å². The van der Waals surface area contributed by atoms with Gasteiger partial charge in [0.15, 0.2) is 5.76 Å². The van der Waals surface area contributed by atoms with E-state index in [9.17, 15) is 14.4 Å². The summed E-state index contributed by atoms with van der Waals surface area (Å²) >= 11 is 0. The van der Waals surface area contributed by atoms with Gasteiger partial charge in [0.1, 0.15) is 0 Å². The maximum absolute atomic E-state index is 13.0. The lowest BCUT2D eigenvalue weighted by molar-refractivity contribution is -0.122. The third-order valence-corrected chi connectivity index (χ3v) is 5.35. The maximum Gasteiger partial charge on any atom is 0.291 e. The Bertz CT molecular complexity index is 920. The third kappa shape index (κ3) is 6.41. The van der Waals surface area contributed by atoms with E-state index in [0.717, 1.165) is 12.0 Å².